The minimum absolute atomic E-state index is 0.0238. The van der Waals surface area contributed by atoms with Gasteiger partial charge in [0.2, 0.25) is 5.91 Å². The summed E-state index contributed by atoms with van der Waals surface area (Å²) in [5.41, 5.74) is 5.85. The maximum Gasteiger partial charge on any atom is 0.241 e. The van der Waals surface area contributed by atoms with Gasteiger partial charge < -0.3 is 20.9 Å². The number of rotatable bonds is 7. The maximum absolute atomic E-state index is 13.1. The zero-order valence-electron chi connectivity index (χ0n) is 12.5. The van der Waals surface area contributed by atoms with E-state index < -0.39 is 18.0 Å². The number of methoxy groups -OCH3 is 1. The van der Waals surface area contributed by atoms with Crippen LogP contribution >= 0.6 is 0 Å². The van der Waals surface area contributed by atoms with Gasteiger partial charge in [-0.2, -0.15) is 0 Å². The number of likely N-dealkylation sites (N-methyl/N-ethyl adjacent to an activating group) is 1. The van der Waals surface area contributed by atoms with Gasteiger partial charge in [-0.3, -0.25) is 9.69 Å². The summed E-state index contributed by atoms with van der Waals surface area (Å²) in [5.74, 6) is -0.797. The van der Waals surface area contributed by atoms with E-state index in [9.17, 15) is 14.3 Å². The summed E-state index contributed by atoms with van der Waals surface area (Å²) >= 11 is 0. The summed E-state index contributed by atoms with van der Waals surface area (Å²) in [5, 5.41) is 12.3. The largest absolute Gasteiger partial charge is 0.396 e. The molecule has 0 bridgehead atoms. The van der Waals surface area contributed by atoms with E-state index in [0.29, 0.717) is 12.2 Å². The van der Waals surface area contributed by atoms with E-state index in [1.165, 1.54) is 25.3 Å². The highest BCUT2D eigenvalue weighted by atomic mass is 19.1. The molecule has 0 saturated heterocycles. The highest BCUT2D eigenvalue weighted by Gasteiger charge is 2.20. The molecule has 0 aromatic heterocycles. The lowest BCUT2D eigenvalue weighted by Crippen LogP contribution is -2.44. The Balaban J connectivity index is 2.59. The number of carbonyl (C=O) groups is 1. The van der Waals surface area contributed by atoms with Gasteiger partial charge in [-0.15, -0.1) is 0 Å². The number of halogens is 1. The molecule has 4 N–H and O–H groups in total. The third kappa shape index (κ3) is 5.30. The van der Waals surface area contributed by atoms with Crippen molar-refractivity contribution in [3.05, 3.63) is 24.0 Å². The maximum atomic E-state index is 13.1. The monoisotopic (exact) mass is 299 g/mol. The Morgan fingerprint density at radius 3 is 2.81 bits per heavy atom. The highest BCUT2D eigenvalue weighted by molar-refractivity contribution is 5.94. The number of aliphatic hydroxyl groups is 1. The van der Waals surface area contributed by atoms with Crippen molar-refractivity contribution in [3.8, 4) is 0 Å². The smallest absolute Gasteiger partial charge is 0.241 e. The number of nitrogen functional groups attached to an aromatic ring is 1. The van der Waals surface area contributed by atoms with Gasteiger partial charge >= 0.3 is 0 Å². The standard InChI is InChI=1S/C14H22FN3O3/c1-9(18(2)7-11(19)8-21-3)14(20)17-10-4-5-12(15)13(16)6-10/h4-6,9,11,19H,7-8,16H2,1-3H3,(H,17,20). The third-order valence-electron chi connectivity index (χ3n) is 3.16. The molecule has 0 saturated carbocycles. The first-order chi connectivity index (χ1) is 9.85. The molecular weight excluding hydrogens is 277 g/mol. The fourth-order valence-electron chi connectivity index (χ4n) is 1.80. The van der Waals surface area contributed by atoms with Crippen LogP contribution in [0.4, 0.5) is 15.8 Å². The van der Waals surface area contributed by atoms with Crippen LogP contribution in [0.15, 0.2) is 18.2 Å². The second kappa shape index (κ2) is 7.92. The van der Waals surface area contributed by atoms with E-state index in [4.69, 9.17) is 10.5 Å². The summed E-state index contributed by atoms with van der Waals surface area (Å²) in [7, 11) is 3.22. The fourth-order valence-corrected chi connectivity index (χ4v) is 1.80. The first kappa shape index (κ1) is 17.4. The van der Waals surface area contributed by atoms with Crippen LogP contribution in [0.25, 0.3) is 0 Å². The molecule has 0 aliphatic heterocycles. The van der Waals surface area contributed by atoms with E-state index >= 15 is 0 Å². The van der Waals surface area contributed by atoms with E-state index in [2.05, 4.69) is 5.32 Å². The van der Waals surface area contributed by atoms with Crippen LogP contribution in [0.1, 0.15) is 6.92 Å². The number of hydrogen-bond donors (Lipinski definition) is 3. The molecule has 2 unspecified atom stereocenters. The molecule has 0 aliphatic carbocycles. The lowest BCUT2D eigenvalue weighted by Gasteiger charge is -2.26. The quantitative estimate of drug-likeness (QED) is 0.644. The number of nitrogens with zero attached hydrogens (tertiary/aromatic N) is 1. The van der Waals surface area contributed by atoms with Crippen molar-refractivity contribution in [1.29, 1.82) is 0 Å². The minimum atomic E-state index is -0.670. The zero-order chi connectivity index (χ0) is 16.0. The number of benzene rings is 1. The van der Waals surface area contributed by atoms with Crippen molar-refractivity contribution in [2.24, 2.45) is 0 Å². The van der Waals surface area contributed by atoms with Crippen LogP contribution in [-0.4, -0.2) is 55.4 Å². The van der Waals surface area contributed by atoms with Gasteiger partial charge in [0.15, 0.2) is 0 Å². The zero-order valence-corrected chi connectivity index (χ0v) is 12.5. The van der Waals surface area contributed by atoms with Gasteiger partial charge in [0.05, 0.1) is 24.4 Å². The first-order valence-electron chi connectivity index (χ1n) is 6.58. The number of ether oxygens (including phenoxy) is 1. The molecule has 2 atom stereocenters. The van der Waals surface area contributed by atoms with Gasteiger partial charge in [-0.05, 0) is 32.2 Å². The van der Waals surface area contributed by atoms with Crippen molar-refractivity contribution in [1.82, 2.24) is 4.90 Å². The number of amides is 1. The van der Waals surface area contributed by atoms with Gasteiger partial charge in [-0.25, -0.2) is 4.39 Å². The van der Waals surface area contributed by atoms with E-state index in [1.807, 2.05) is 0 Å². The first-order valence-corrected chi connectivity index (χ1v) is 6.58. The van der Waals surface area contributed by atoms with Crippen molar-refractivity contribution in [2.45, 2.75) is 19.1 Å². The van der Waals surface area contributed by atoms with Gasteiger partial charge in [-0.1, -0.05) is 0 Å². The summed E-state index contributed by atoms with van der Waals surface area (Å²) in [6.07, 6.45) is -0.670. The summed E-state index contributed by atoms with van der Waals surface area (Å²) in [4.78, 5) is 13.8. The Bertz CT molecular complexity index is 485. The lowest BCUT2D eigenvalue weighted by molar-refractivity contribution is -0.120. The molecule has 1 amide bonds. The van der Waals surface area contributed by atoms with Gasteiger partial charge in [0, 0.05) is 19.3 Å². The molecule has 7 heteroatoms. The summed E-state index contributed by atoms with van der Waals surface area (Å²) in [6, 6.07) is 3.53. The van der Waals surface area contributed by atoms with Crippen LogP contribution in [0.2, 0.25) is 0 Å². The molecule has 1 aromatic carbocycles. The average molecular weight is 299 g/mol. The third-order valence-corrected chi connectivity index (χ3v) is 3.16. The van der Waals surface area contributed by atoms with Gasteiger partial charge in [0.1, 0.15) is 5.82 Å². The van der Waals surface area contributed by atoms with Crippen molar-refractivity contribution in [2.75, 3.05) is 38.4 Å². The molecule has 21 heavy (non-hydrogen) atoms. The van der Waals surface area contributed by atoms with E-state index in [1.54, 1.807) is 18.9 Å². The molecule has 0 fully saturated rings. The van der Waals surface area contributed by atoms with Crippen LogP contribution in [0.5, 0.6) is 0 Å². The van der Waals surface area contributed by atoms with Crippen LogP contribution in [0.3, 0.4) is 0 Å². The predicted octanol–water partition coefficient (Wildman–Crippen LogP) is 0.674. The highest BCUT2D eigenvalue weighted by Crippen LogP contribution is 2.16. The molecule has 0 radical (unpaired) electrons. The molecule has 0 spiro atoms. The molecule has 6 nitrogen and oxygen atoms in total. The Kier molecular flexibility index (Phi) is 6.54. The Morgan fingerprint density at radius 2 is 2.24 bits per heavy atom. The Labute approximate surface area is 123 Å². The molecule has 118 valence electrons. The number of nitrogens with one attached hydrogen (secondary N) is 1. The SMILES string of the molecule is COCC(O)CN(C)C(C)C(=O)Nc1ccc(F)c(N)c1. The van der Waals surface area contributed by atoms with Crippen LogP contribution in [-0.2, 0) is 9.53 Å². The molecule has 0 heterocycles. The molecule has 0 aliphatic rings. The topological polar surface area (TPSA) is 87.8 Å². The van der Waals surface area contributed by atoms with Crippen molar-refractivity contribution >= 4 is 17.3 Å². The van der Waals surface area contributed by atoms with Crippen molar-refractivity contribution < 1.29 is 19.0 Å². The summed E-state index contributed by atoms with van der Waals surface area (Å²) in [6.45, 7) is 2.21. The Hall–Kier alpha value is -1.70. The van der Waals surface area contributed by atoms with Crippen molar-refractivity contribution in [3.63, 3.8) is 0 Å². The van der Waals surface area contributed by atoms with E-state index in [0.717, 1.165) is 0 Å². The number of anilines is 2. The number of nitrogens with two attached hydrogens (primary N) is 1. The lowest BCUT2D eigenvalue weighted by atomic mass is 10.2. The van der Waals surface area contributed by atoms with Crippen LogP contribution < -0.4 is 11.1 Å². The molecule has 1 rings (SSSR count). The second-order valence-electron chi connectivity index (χ2n) is 4.95. The average Bonchev–Trinajstić information content (AvgIpc) is 2.42. The van der Waals surface area contributed by atoms with Crippen LogP contribution in [0, 0.1) is 5.82 Å². The fraction of sp³-hybridized carbons (Fsp3) is 0.500. The number of carbonyl (C=O) groups excluding carboxylic acids is 1. The predicted molar refractivity (Wildman–Crippen MR) is 79.4 cm³/mol. The minimum Gasteiger partial charge on any atom is -0.396 e. The summed E-state index contributed by atoms with van der Waals surface area (Å²) < 4.78 is 17.9. The Morgan fingerprint density at radius 1 is 1.57 bits per heavy atom. The van der Waals surface area contributed by atoms with E-state index in [-0.39, 0.29) is 18.2 Å². The normalized spacial score (nSPS) is 14.0. The number of aliphatic hydroxyl groups excluding tert-OH is 1. The molecule has 1 aromatic rings. The number of hydrogen-bond acceptors (Lipinski definition) is 5. The second-order valence-corrected chi connectivity index (χ2v) is 4.95. The van der Waals surface area contributed by atoms with Gasteiger partial charge in [0.25, 0.3) is 0 Å². The molecular formula is C14H22FN3O3.